The second-order valence-electron chi connectivity index (χ2n) is 6.41. The average molecular weight is 288 g/mol. The van der Waals surface area contributed by atoms with Crippen LogP contribution in [0.4, 0.5) is 0 Å². The summed E-state index contributed by atoms with van der Waals surface area (Å²) in [5, 5.41) is 6.58. The molecule has 1 amide bonds. The molecule has 0 spiro atoms. The largest absolute Gasteiger partial charge is 0.350 e. The van der Waals surface area contributed by atoms with Gasteiger partial charge in [0.2, 0.25) is 5.91 Å². The van der Waals surface area contributed by atoms with Crippen LogP contribution in [0.2, 0.25) is 0 Å². The zero-order valence-corrected chi connectivity index (χ0v) is 13.5. The maximum atomic E-state index is 12.4. The first-order valence-electron chi connectivity index (χ1n) is 8.10. The summed E-state index contributed by atoms with van der Waals surface area (Å²) in [6, 6.07) is 8.31. The molecule has 0 bridgehead atoms. The van der Waals surface area contributed by atoms with Gasteiger partial charge in [-0.15, -0.1) is 0 Å². The van der Waals surface area contributed by atoms with Crippen LogP contribution < -0.4 is 10.6 Å². The summed E-state index contributed by atoms with van der Waals surface area (Å²) >= 11 is 0. The van der Waals surface area contributed by atoms with E-state index < -0.39 is 0 Å². The van der Waals surface area contributed by atoms with Crippen molar-refractivity contribution in [3.05, 3.63) is 35.4 Å². The fraction of sp³-hybridized carbons (Fsp3) is 0.611. The Hall–Kier alpha value is -1.35. The zero-order chi connectivity index (χ0) is 15.3. The number of benzene rings is 1. The van der Waals surface area contributed by atoms with Crippen molar-refractivity contribution in [3.63, 3.8) is 0 Å². The van der Waals surface area contributed by atoms with E-state index in [1.54, 1.807) is 0 Å². The summed E-state index contributed by atoms with van der Waals surface area (Å²) in [4.78, 5) is 12.4. The predicted molar refractivity (Wildman–Crippen MR) is 87.2 cm³/mol. The van der Waals surface area contributed by atoms with Crippen LogP contribution in [0, 0.1) is 6.92 Å². The lowest BCUT2D eigenvalue weighted by atomic mass is 9.79. The maximum Gasteiger partial charge on any atom is 0.222 e. The molecule has 1 aliphatic rings. The minimum atomic E-state index is 0.00772. The topological polar surface area (TPSA) is 41.1 Å². The van der Waals surface area contributed by atoms with Crippen LogP contribution in [0.1, 0.15) is 62.6 Å². The number of hydrogen-bond acceptors (Lipinski definition) is 2. The van der Waals surface area contributed by atoms with Crippen molar-refractivity contribution in [2.75, 3.05) is 7.05 Å². The third-order valence-corrected chi connectivity index (χ3v) is 4.87. The lowest BCUT2D eigenvalue weighted by Gasteiger charge is -2.37. The van der Waals surface area contributed by atoms with Gasteiger partial charge in [0.15, 0.2) is 0 Å². The fourth-order valence-electron chi connectivity index (χ4n) is 3.49. The molecular weight excluding hydrogens is 260 g/mol. The lowest BCUT2D eigenvalue weighted by Crippen LogP contribution is -2.48. The van der Waals surface area contributed by atoms with E-state index in [1.165, 1.54) is 30.4 Å². The van der Waals surface area contributed by atoms with Crippen molar-refractivity contribution >= 4 is 5.91 Å². The summed E-state index contributed by atoms with van der Waals surface area (Å²) in [6.45, 7) is 4.15. The van der Waals surface area contributed by atoms with Gasteiger partial charge in [-0.2, -0.15) is 0 Å². The molecule has 116 valence electrons. The number of nitrogens with one attached hydrogen (secondary N) is 2. The normalized spacial score (nSPS) is 19.0. The van der Waals surface area contributed by atoms with Crippen molar-refractivity contribution in [3.8, 4) is 0 Å². The zero-order valence-electron chi connectivity index (χ0n) is 13.5. The second kappa shape index (κ2) is 7.08. The number of carbonyl (C=O) groups excluding carboxylic acids is 1. The highest BCUT2D eigenvalue weighted by Gasteiger charge is 2.32. The molecule has 1 aromatic carbocycles. The average Bonchev–Trinajstić information content (AvgIpc) is 2.48. The first-order valence-corrected chi connectivity index (χ1v) is 8.10. The molecule has 1 atom stereocenters. The van der Waals surface area contributed by atoms with Gasteiger partial charge in [0.1, 0.15) is 0 Å². The number of hydrogen-bond donors (Lipinski definition) is 2. The smallest absolute Gasteiger partial charge is 0.222 e. The highest BCUT2D eigenvalue weighted by molar-refractivity contribution is 5.77. The maximum absolute atomic E-state index is 12.4. The summed E-state index contributed by atoms with van der Waals surface area (Å²) in [6.07, 6.45) is 6.54. The monoisotopic (exact) mass is 288 g/mol. The molecule has 3 heteroatoms. The molecule has 0 unspecified atom stereocenters. The van der Waals surface area contributed by atoms with Crippen LogP contribution in [0.5, 0.6) is 0 Å². The van der Waals surface area contributed by atoms with Crippen molar-refractivity contribution in [2.45, 2.75) is 64.0 Å². The fourth-order valence-corrected chi connectivity index (χ4v) is 3.49. The van der Waals surface area contributed by atoms with E-state index in [9.17, 15) is 4.79 Å². The molecule has 21 heavy (non-hydrogen) atoms. The third-order valence-electron chi connectivity index (χ3n) is 4.87. The van der Waals surface area contributed by atoms with Gasteiger partial charge >= 0.3 is 0 Å². The Balaban J connectivity index is 1.96. The van der Waals surface area contributed by atoms with Crippen molar-refractivity contribution in [2.24, 2.45) is 0 Å². The summed E-state index contributed by atoms with van der Waals surface area (Å²) < 4.78 is 0. The standard InChI is InChI=1S/C18H28N2O/c1-14-9-5-6-10-16(14)15(2)20-17(21)13-18(19-3)11-7-4-8-12-18/h5-6,9-10,15,19H,4,7-8,11-13H2,1-3H3,(H,20,21)/t15-/m0/s1. The Labute approximate surface area is 128 Å². The number of rotatable bonds is 5. The molecule has 1 fully saturated rings. The second-order valence-corrected chi connectivity index (χ2v) is 6.41. The minimum Gasteiger partial charge on any atom is -0.350 e. The Bertz CT molecular complexity index is 478. The van der Waals surface area contributed by atoms with Crippen LogP contribution in [-0.2, 0) is 4.79 Å². The molecule has 0 heterocycles. The first kappa shape index (κ1) is 16.0. The van der Waals surface area contributed by atoms with Gasteiger partial charge in [0.05, 0.1) is 6.04 Å². The van der Waals surface area contributed by atoms with Crippen LogP contribution >= 0.6 is 0 Å². The van der Waals surface area contributed by atoms with Gasteiger partial charge < -0.3 is 10.6 Å². The first-order chi connectivity index (χ1) is 10.1. The summed E-state index contributed by atoms with van der Waals surface area (Å²) in [7, 11) is 1.99. The molecule has 1 aromatic rings. The molecule has 3 nitrogen and oxygen atoms in total. The lowest BCUT2D eigenvalue weighted by molar-refractivity contribution is -0.123. The third kappa shape index (κ3) is 4.07. The molecular formula is C18H28N2O. The minimum absolute atomic E-state index is 0.00772. The number of carbonyl (C=O) groups is 1. The van der Waals surface area contributed by atoms with Crippen molar-refractivity contribution in [1.29, 1.82) is 0 Å². The van der Waals surface area contributed by atoms with Gasteiger partial charge in [0.25, 0.3) is 0 Å². The van der Waals surface area contributed by atoms with Crippen molar-refractivity contribution in [1.82, 2.24) is 10.6 Å². The number of aryl methyl sites for hydroxylation is 1. The Kier molecular flexibility index (Phi) is 5.40. The van der Waals surface area contributed by atoms with E-state index in [4.69, 9.17) is 0 Å². The predicted octanol–water partition coefficient (Wildman–Crippen LogP) is 3.48. The molecule has 0 saturated heterocycles. The van der Waals surface area contributed by atoms with E-state index in [2.05, 4.69) is 36.6 Å². The van der Waals surface area contributed by atoms with E-state index in [0.29, 0.717) is 6.42 Å². The molecule has 2 N–H and O–H groups in total. The molecule has 1 saturated carbocycles. The van der Waals surface area contributed by atoms with Crippen molar-refractivity contribution < 1.29 is 4.79 Å². The van der Waals surface area contributed by atoms with E-state index in [0.717, 1.165) is 12.8 Å². The van der Waals surface area contributed by atoms with Gasteiger partial charge in [-0.25, -0.2) is 0 Å². The molecule has 0 aliphatic heterocycles. The van der Waals surface area contributed by atoms with E-state index in [-0.39, 0.29) is 17.5 Å². The van der Waals surface area contributed by atoms with Crippen LogP contribution in [0.25, 0.3) is 0 Å². The van der Waals surface area contributed by atoms with Crippen LogP contribution in [0.3, 0.4) is 0 Å². The Morgan fingerprint density at radius 2 is 1.90 bits per heavy atom. The highest BCUT2D eigenvalue weighted by atomic mass is 16.1. The van der Waals surface area contributed by atoms with E-state index in [1.807, 2.05) is 19.2 Å². The van der Waals surface area contributed by atoms with Gasteiger partial charge in [-0.3, -0.25) is 4.79 Å². The Morgan fingerprint density at radius 3 is 2.52 bits per heavy atom. The van der Waals surface area contributed by atoms with Gasteiger partial charge in [-0.1, -0.05) is 43.5 Å². The molecule has 0 radical (unpaired) electrons. The molecule has 1 aliphatic carbocycles. The van der Waals surface area contributed by atoms with Crippen LogP contribution in [0.15, 0.2) is 24.3 Å². The SMILES string of the molecule is CNC1(CC(=O)N[C@@H](C)c2ccccc2C)CCCCC1. The Morgan fingerprint density at radius 1 is 1.24 bits per heavy atom. The van der Waals surface area contributed by atoms with Crippen LogP contribution in [-0.4, -0.2) is 18.5 Å². The number of amides is 1. The quantitative estimate of drug-likeness (QED) is 0.871. The summed E-state index contributed by atoms with van der Waals surface area (Å²) in [5.41, 5.74) is 2.44. The highest BCUT2D eigenvalue weighted by Crippen LogP contribution is 2.31. The van der Waals surface area contributed by atoms with E-state index >= 15 is 0 Å². The molecule has 0 aromatic heterocycles. The van der Waals surface area contributed by atoms with Gasteiger partial charge in [0, 0.05) is 12.0 Å². The summed E-state index contributed by atoms with van der Waals surface area (Å²) in [5.74, 6) is 0.155. The van der Waals surface area contributed by atoms with Gasteiger partial charge in [-0.05, 0) is 44.9 Å². The molecule has 2 rings (SSSR count).